The Bertz CT molecular complexity index is 206. The molecule has 5 heteroatoms. The molecule has 4 nitrogen and oxygen atoms in total. The molecule has 1 fully saturated rings. The van der Waals surface area contributed by atoms with E-state index in [4.69, 9.17) is 16.3 Å². The van der Waals surface area contributed by atoms with Gasteiger partial charge < -0.3 is 10.1 Å². The molecule has 0 aliphatic carbocycles. The Balaban J connectivity index is 2.22. The van der Waals surface area contributed by atoms with Crippen molar-refractivity contribution in [3.8, 4) is 0 Å². The van der Waals surface area contributed by atoms with E-state index in [9.17, 15) is 4.79 Å². The normalized spacial score (nSPS) is 22.1. The van der Waals surface area contributed by atoms with Gasteiger partial charge in [0.2, 0.25) is 5.91 Å². The summed E-state index contributed by atoms with van der Waals surface area (Å²) < 4.78 is 5.25. The summed E-state index contributed by atoms with van der Waals surface area (Å²) in [4.78, 5) is 13.6. The molecule has 1 rings (SSSR count). The minimum atomic E-state index is -0.461. The Morgan fingerprint density at radius 3 is 2.60 bits per heavy atom. The Labute approximate surface area is 95.9 Å². The maximum atomic E-state index is 11.3. The van der Waals surface area contributed by atoms with Crippen LogP contribution in [0.5, 0.6) is 0 Å². The average Bonchev–Trinajstić information content (AvgIpc) is 2.18. The molecule has 1 saturated heterocycles. The van der Waals surface area contributed by atoms with Gasteiger partial charge in [0.25, 0.3) is 0 Å². The number of hydrogen-bond donors (Lipinski definition) is 1. The van der Waals surface area contributed by atoms with Gasteiger partial charge in [-0.15, -0.1) is 11.6 Å². The Hall–Kier alpha value is -0.320. The minimum Gasteiger partial charge on any atom is -0.379 e. The molecule has 0 aromatic rings. The van der Waals surface area contributed by atoms with Crippen LogP contribution in [0.1, 0.15) is 13.8 Å². The molecule has 2 atom stereocenters. The van der Waals surface area contributed by atoms with Gasteiger partial charge in [-0.3, -0.25) is 9.69 Å². The summed E-state index contributed by atoms with van der Waals surface area (Å²) in [7, 11) is 0. The lowest BCUT2D eigenvalue weighted by molar-refractivity contribution is -0.121. The molecular formula is C10H19ClN2O2. The molecular weight excluding hydrogens is 216 g/mol. The minimum absolute atomic E-state index is 0.0996. The lowest BCUT2D eigenvalue weighted by Crippen LogP contribution is -2.47. The van der Waals surface area contributed by atoms with Crippen LogP contribution in [0.15, 0.2) is 0 Å². The zero-order chi connectivity index (χ0) is 11.3. The smallest absolute Gasteiger partial charge is 0.238 e. The first-order valence-electron chi connectivity index (χ1n) is 5.34. The molecule has 88 valence electrons. The van der Waals surface area contributed by atoms with Crippen molar-refractivity contribution in [3.63, 3.8) is 0 Å². The second-order valence-corrected chi connectivity index (χ2v) is 4.59. The quantitative estimate of drug-likeness (QED) is 0.719. The molecule has 0 aromatic carbocycles. The lowest BCUT2D eigenvalue weighted by Gasteiger charge is -2.29. The number of nitrogens with one attached hydrogen (secondary N) is 1. The molecule has 1 aliphatic rings. The van der Waals surface area contributed by atoms with Crippen LogP contribution in [0.25, 0.3) is 0 Å². The third-order valence-electron chi connectivity index (χ3n) is 2.39. The van der Waals surface area contributed by atoms with Gasteiger partial charge in [-0.2, -0.15) is 0 Å². The van der Waals surface area contributed by atoms with Gasteiger partial charge in [0.15, 0.2) is 0 Å². The molecule has 0 saturated carbocycles. The number of alkyl halides is 1. The molecule has 1 N–H and O–H groups in total. The Morgan fingerprint density at radius 1 is 1.47 bits per heavy atom. The largest absolute Gasteiger partial charge is 0.379 e. The number of rotatable bonds is 4. The number of carbonyl (C=O) groups excluding carboxylic acids is 1. The van der Waals surface area contributed by atoms with Crippen molar-refractivity contribution in [1.29, 1.82) is 0 Å². The lowest BCUT2D eigenvalue weighted by atomic mass is 10.2. The van der Waals surface area contributed by atoms with Gasteiger partial charge in [-0.05, 0) is 13.8 Å². The van der Waals surface area contributed by atoms with E-state index in [1.807, 2.05) is 6.92 Å². The van der Waals surface area contributed by atoms with E-state index >= 15 is 0 Å². The third kappa shape index (κ3) is 4.82. The van der Waals surface area contributed by atoms with Crippen molar-refractivity contribution in [2.75, 3.05) is 32.8 Å². The fourth-order valence-electron chi connectivity index (χ4n) is 1.57. The second kappa shape index (κ2) is 6.30. The molecule has 2 unspecified atom stereocenters. The summed E-state index contributed by atoms with van der Waals surface area (Å²) >= 11 is 5.67. The van der Waals surface area contributed by atoms with E-state index in [0.29, 0.717) is 0 Å². The first-order valence-corrected chi connectivity index (χ1v) is 5.78. The number of hydrogen-bond acceptors (Lipinski definition) is 3. The Kier molecular flexibility index (Phi) is 5.36. The Morgan fingerprint density at radius 2 is 2.07 bits per heavy atom. The van der Waals surface area contributed by atoms with Gasteiger partial charge in [0, 0.05) is 25.7 Å². The van der Waals surface area contributed by atoms with Gasteiger partial charge >= 0.3 is 0 Å². The van der Waals surface area contributed by atoms with Crippen LogP contribution in [-0.2, 0) is 9.53 Å². The van der Waals surface area contributed by atoms with Crippen LogP contribution in [-0.4, -0.2) is 55.1 Å². The fourth-order valence-corrected chi connectivity index (χ4v) is 1.64. The summed E-state index contributed by atoms with van der Waals surface area (Å²) in [5, 5.41) is 2.41. The number of carbonyl (C=O) groups is 1. The summed E-state index contributed by atoms with van der Waals surface area (Å²) in [6, 6.07) is 0.136. The number of amides is 1. The van der Waals surface area contributed by atoms with Gasteiger partial charge in [-0.1, -0.05) is 0 Å². The second-order valence-electron chi connectivity index (χ2n) is 3.94. The molecule has 1 aliphatic heterocycles. The highest BCUT2D eigenvalue weighted by Gasteiger charge is 2.16. The topological polar surface area (TPSA) is 41.6 Å². The van der Waals surface area contributed by atoms with Gasteiger partial charge in [-0.25, -0.2) is 0 Å². The first-order chi connectivity index (χ1) is 7.09. The standard InChI is InChI=1S/C10H19ClN2O2/c1-8(12-10(14)9(2)11)7-13-3-5-15-6-4-13/h8-9H,3-7H2,1-2H3,(H,12,14). The van der Waals surface area contributed by atoms with Gasteiger partial charge in [0.1, 0.15) is 5.38 Å². The predicted octanol–water partition coefficient (Wildman–Crippen LogP) is 0.451. The summed E-state index contributed by atoms with van der Waals surface area (Å²) in [5.41, 5.74) is 0. The number of ether oxygens (including phenoxy) is 1. The van der Waals surface area contributed by atoms with Crippen molar-refractivity contribution < 1.29 is 9.53 Å². The SMILES string of the molecule is CC(CN1CCOCC1)NC(=O)C(C)Cl. The maximum absolute atomic E-state index is 11.3. The third-order valence-corrected chi connectivity index (χ3v) is 2.58. The highest BCUT2D eigenvalue weighted by Crippen LogP contribution is 2.00. The number of halogens is 1. The summed E-state index contributed by atoms with van der Waals surface area (Å²) in [6.45, 7) is 7.98. The number of nitrogens with zero attached hydrogens (tertiary/aromatic N) is 1. The maximum Gasteiger partial charge on any atom is 0.238 e. The van der Waals surface area contributed by atoms with Crippen molar-refractivity contribution in [2.45, 2.75) is 25.3 Å². The average molecular weight is 235 g/mol. The highest BCUT2D eigenvalue weighted by molar-refractivity contribution is 6.30. The summed E-state index contributed by atoms with van der Waals surface area (Å²) in [6.07, 6.45) is 0. The van der Waals surface area contributed by atoms with Crippen LogP contribution in [0.4, 0.5) is 0 Å². The molecule has 0 aromatic heterocycles. The molecule has 15 heavy (non-hydrogen) atoms. The molecule has 1 heterocycles. The summed E-state index contributed by atoms with van der Waals surface area (Å²) in [5.74, 6) is -0.0996. The monoisotopic (exact) mass is 234 g/mol. The van der Waals surface area contributed by atoms with Gasteiger partial charge in [0.05, 0.1) is 13.2 Å². The molecule has 0 radical (unpaired) electrons. The van der Waals surface area contributed by atoms with E-state index in [0.717, 1.165) is 32.8 Å². The zero-order valence-electron chi connectivity index (χ0n) is 9.33. The number of morpholine rings is 1. The van der Waals surface area contributed by atoms with E-state index in [-0.39, 0.29) is 11.9 Å². The highest BCUT2D eigenvalue weighted by atomic mass is 35.5. The van der Waals surface area contributed by atoms with Crippen LogP contribution in [0, 0.1) is 0 Å². The van der Waals surface area contributed by atoms with E-state index in [1.165, 1.54) is 0 Å². The molecule has 0 bridgehead atoms. The van der Waals surface area contributed by atoms with Crippen molar-refractivity contribution in [3.05, 3.63) is 0 Å². The van der Waals surface area contributed by atoms with E-state index in [1.54, 1.807) is 6.92 Å². The van der Waals surface area contributed by atoms with E-state index in [2.05, 4.69) is 10.2 Å². The van der Waals surface area contributed by atoms with Crippen LogP contribution < -0.4 is 5.32 Å². The van der Waals surface area contributed by atoms with Crippen molar-refractivity contribution in [2.24, 2.45) is 0 Å². The predicted molar refractivity (Wildman–Crippen MR) is 60.2 cm³/mol. The van der Waals surface area contributed by atoms with Crippen LogP contribution >= 0.6 is 11.6 Å². The van der Waals surface area contributed by atoms with Crippen molar-refractivity contribution >= 4 is 17.5 Å². The first kappa shape index (κ1) is 12.7. The fraction of sp³-hybridized carbons (Fsp3) is 0.900. The van der Waals surface area contributed by atoms with Crippen molar-refractivity contribution in [1.82, 2.24) is 10.2 Å². The zero-order valence-corrected chi connectivity index (χ0v) is 10.1. The molecule has 0 spiro atoms. The van der Waals surface area contributed by atoms with Crippen LogP contribution in [0.2, 0.25) is 0 Å². The van der Waals surface area contributed by atoms with Crippen LogP contribution in [0.3, 0.4) is 0 Å². The van der Waals surface area contributed by atoms with E-state index < -0.39 is 5.38 Å². The molecule has 1 amide bonds.